The number of rotatable bonds is 4. The van der Waals surface area contributed by atoms with E-state index in [1.807, 2.05) is 0 Å². The number of hydrogen-bond donors (Lipinski definition) is 2. The molecule has 2 rings (SSSR count). The fourth-order valence-corrected chi connectivity index (χ4v) is 2.34. The Morgan fingerprint density at radius 1 is 1.35 bits per heavy atom. The first-order valence-corrected chi connectivity index (χ1v) is 6.31. The molecule has 0 spiro atoms. The summed E-state index contributed by atoms with van der Waals surface area (Å²) in [5.74, 6) is 1.19. The lowest BCUT2D eigenvalue weighted by atomic mass is 9.91. The number of nitrogens with two attached hydrogens (primary N) is 1. The first-order valence-electron chi connectivity index (χ1n) is 5.43. The fraction of sp³-hybridized carbons (Fsp3) is 0.333. The lowest BCUT2D eigenvalue weighted by Gasteiger charge is -2.23. The Morgan fingerprint density at radius 2 is 2.18 bits per heavy atom. The summed E-state index contributed by atoms with van der Waals surface area (Å²) in [5.41, 5.74) is 5.57. The molecule has 0 saturated carbocycles. The molecular formula is C12H16N4S. The summed E-state index contributed by atoms with van der Waals surface area (Å²) in [4.78, 5) is 9.52. The van der Waals surface area contributed by atoms with Crippen molar-refractivity contribution in [2.75, 3.05) is 17.6 Å². The van der Waals surface area contributed by atoms with Gasteiger partial charge in [0.25, 0.3) is 0 Å². The van der Waals surface area contributed by atoms with Crippen molar-refractivity contribution in [3.63, 3.8) is 0 Å². The number of hydrogen-bond acceptors (Lipinski definition) is 5. The zero-order valence-electron chi connectivity index (χ0n) is 9.97. The highest BCUT2D eigenvalue weighted by Gasteiger charge is 2.21. The van der Waals surface area contributed by atoms with E-state index in [4.69, 9.17) is 5.73 Å². The second-order valence-electron chi connectivity index (χ2n) is 4.54. The van der Waals surface area contributed by atoms with Gasteiger partial charge in [-0.25, -0.2) is 9.97 Å². The smallest absolute Gasteiger partial charge is 0.144 e. The van der Waals surface area contributed by atoms with Crippen molar-refractivity contribution >= 4 is 23.0 Å². The standard InChI is InChI=1S/C12H16N4S/c1-12(2,9-4-3-5-17-9)8-16-11-7-14-10(13)6-15-11/h3-7H,8H2,1-2H3,(H2,13,14)(H,15,16). The topological polar surface area (TPSA) is 63.8 Å². The average Bonchev–Trinajstić information content (AvgIpc) is 2.82. The van der Waals surface area contributed by atoms with Gasteiger partial charge in [0.1, 0.15) is 11.6 Å². The number of nitrogens with zero attached hydrogens (tertiary/aromatic N) is 2. The summed E-state index contributed by atoms with van der Waals surface area (Å²) < 4.78 is 0. The van der Waals surface area contributed by atoms with Gasteiger partial charge in [-0.3, -0.25) is 0 Å². The number of anilines is 2. The van der Waals surface area contributed by atoms with Crippen molar-refractivity contribution in [1.82, 2.24) is 9.97 Å². The molecule has 17 heavy (non-hydrogen) atoms. The minimum atomic E-state index is 0.0806. The van der Waals surface area contributed by atoms with Gasteiger partial charge in [-0.1, -0.05) is 19.9 Å². The van der Waals surface area contributed by atoms with Gasteiger partial charge in [0, 0.05) is 16.8 Å². The molecule has 5 heteroatoms. The summed E-state index contributed by atoms with van der Waals surface area (Å²) in [6.45, 7) is 5.22. The molecular weight excluding hydrogens is 232 g/mol. The molecule has 4 nitrogen and oxygen atoms in total. The van der Waals surface area contributed by atoms with Gasteiger partial charge in [0.05, 0.1) is 12.4 Å². The second-order valence-corrected chi connectivity index (χ2v) is 5.49. The van der Waals surface area contributed by atoms with Crippen LogP contribution in [0.25, 0.3) is 0 Å². The molecule has 0 radical (unpaired) electrons. The minimum absolute atomic E-state index is 0.0806. The third-order valence-corrected chi connectivity index (χ3v) is 3.81. The van der Waals surface area contributed by atoms with Crippen LogP contribution in [-0.4, -0.2) is 16.5 Å². The maximum atomic E-state index is 5.49. The van der Waals surface area contributed by atoms with Crippen molar-refractivity contribution in [2.24, 2.45) is 0 Å². The quantitative estimate of drug-likeness (QED) is 0.872. The van der Waals surface area contributed by atoms with E-state index in [9.17, 15) is 0 Å². The SMILES string of the molecule is CC(C)(CNc1cnc(N)cn1)c1cccs1. The second kappa shape index (κ2) is 4.71. The van der Waals surface area contributed by atoms with Crippen LogP contribution >= 0.6 is 11.3 Å². The van der Waals surface area contributed by atoms with Crippen molar-refractivity contribution in [3.05, 3.63) is 34.8 Å². The Balaban J connectivity index is 2.00. The Kier molecular flexibility index (Phi) is 3.28. The Bertz CT molecular complexity index is 462. The van der Waals surface area contributed by atoms with E-state index in [-0.39, 0.29) is 5.41 Å². The zero-order chi connectivity index (χ0) is 12.3. The van der Waals surface area contributed by atoms with Gasteiger partial charge in [-0.15, -0.1) is 11.3 Å². The Labute approximate surface area is 105 Å². The highest BCUT2D eigenvalue weighted by molar-refractivity contribution is 7.10. The van der Waals surface area contributed by atoms with Crippen LogP contribution in [0.15, 0.2) is 29.9 Å². The number of nitrogens with one attached hydrogen (secondary N) is 1. The van der Waals surface area contributed by atoms with Crippen LogP contribution in [-0.2, 0) is 5.41 Å². The molecule has 2 aromatic heterocycles. The minimum Gasteiger partial charge on any atom is -0.382 e. The van der Waals surface area contributed by atoms with Gasteiger partial charge in [-0.05, 0) is 11.4 Å². The van der Waals surface area contributed by atoms with Crippen LogP contribution in [0, 0.1) is 0 Å². The summed E-state index contributed by atoms with van der Waals surface area (Å²) in [6, 6.07) is 4.23. The highest BCUT2D eigenvalue weighted by Crippen LogP contribution is 2.27. The van der Waals surface area contributed by atoms with Crippen LogP contribution in [0.4, 0.5) is 11.6 Å². The summed E-state index contributed by atoms with van der Waals surface area (Å²) in [6.07, 6.45) is 3.21. The molecule has 0 aliphatic carbocycles. The van der Waals surface area contributed by atoms with E-state index in [1.54, 1.807) is 23.7 Å². The lowest BCUT2D eigenvalue weighted by molar-refractivity contribution is 0.568. The van der Waals surface area contributed by atoms with Crippen LogP contribution in [0.3, 0.4) is 0 Å². The van der Waals surface area contributed by atoms with E-state index in [1.165, 1.54) is 4.88 Å². The van der Waals surface area contributed by atoms with E-state index < -0.39 is 0 Å². The molecule has 0 amide bonds. The van der Waals surface area contributed by atoms with E-state index in [2.05, 4.69) is 46.6 Å². The first-order chi connectivity index (χ1) is 8.08. The maximum absolute atomic E-state index is 5.49. The van der Waals surface area contributed by atoms with Crippen LogP contribution in [0.5, 0.6) is 0 Å². The van der Waals surface area contributed by atoms with Gasteiger partial charge in [0.15, 0.2) is 0 Å². The van der Waals surface area contributed by atoms with Crippen LogP contribution in [0.2, 0.25) is 0 Å². The first kappa shape index (κ1) is 11.9. The Hall–Kier alpha value is -1.62. The Morgan fingerprint density at radius 3 is 2.76 bits per heavy atom. The van der Waals surface area contributed by atoms with Crippen molar-refractivity contribution in [1.29, 1.82) is 0 Å². The molecule has 0 aliphatic heterocycles. The van der Waals surface area contributed by atoms with Gasteiger partial charge in [0.2, 0.25) is 0 Å². The predicted octanol–water partition coefficient (Wildman–Crippen LogP) is 2.51. The lowest BCUT2D eigenvalue weighted by Crippen LogP contribution is -2.26. The molecule has 3 N–H and O–H groups in total. The van der Waals surface area contributed by atoms with Gasteiger partial charge >= 0.3 is 0 Å². The summed E-state index contributed by atoms with van der Waals surface area (Å²) in [7, 11) is 0. The third-order valence-electron chi connectivity index (χ3n) is 2.57. The van der Waals surface area contributed by atoms with Crippen molar-refractivity contribution < 1.29 is 0 Å². The molecule has 0 unspecified atom stereocenters. The molecule has 2 aromatic rings. The molecule has 0 atom stereocenters. The highest BCUT2D eigenvalue weighted by atomic mass is 32.1. The van der Waals surface area contributed by atoms with Crippen LogP contribution < -0.4 is 11.1 Å². The average molecular weight is 248 g/mol. The molecule has 0 aliphatic rings. The molecule has 0 saturated heterocycles. The van der Waals surface area contributed by atoms with E-state index >= 15 is 0 Å². The molecule has 2 heterocycles. The maximum Gasteiger partial charge on any atom is 0.144 e. The normalized spacial score (nSPS) is 11.4. The summed E-state index contributed by atoms with van der Waals surface area (Å²) in [5, 5.41) is 5.38. The van der Waals surface area contributed by atoms with E-state index in [0.29, 0.717) is 5.82 Å². The fourth-order valence-electron chi connectivity index (χ4n) is 1.49. The van der Waals surface area contributed by atoms with Crippen molar-refractivity contribution in [3.8, 4) is 0 Å². The van der Waals surface area contributed by atoms with Gasteiger partial charge in [-0.2, -0.15) is 0 Å². The van der Waals surface area contributed by atoms with E-state index in [0.717, 1.165) is 12.4 Å². The van der Waals surface area contributed by atoms with Crippen molar-refractivity contribution in [2.45, 2.75) is 19.3 Å². The predicted molar refractivity (Wildman–Crippen MR) is 72.3 cm³/mol. The number of aromatic nitrogens is 2. The zero-order valence-corrected chi connectivity index (χ0v) is 10.8. The summed E-state index contributed by atoms with van der Waals surface area (Å²) >= 11 is 1.77. The number of thiophene rings is 1. The largest absolute Gasteiger partial charge is 0.382 e. The third kappa shape index (κ3) is 2.94. The number of nitrogen functional groups attached to an aromatic ring is 1. The van der Waals surface area contributed by atoms with Gasteiger partial charge < -0.3 is 11.1 Å². The molecule has 0 fully saturated rings. The molecule has 0 bridgehead atoms. The molecule has 0 aromatic carbocycles. The monoisotopic (exact) mass is 248 g/mol. The molecule has 90 valence electrons. The van der Waals surface area contributed by atoms with Crippen LogP contribution in [0.1, 0.15) is 18.7 Å².